The Hall–Kier alpha value is -0.990. The molecule has 1 heterocycles. The topological polar surface area (TPSA) is 12.9 Å². The fourth-order valence-electron chi connectivity index (χ4n) is 1.79. The van der Waals surface area contributed by atoms with Gasteiger partial charge in [0.2, 0.25) is 0 Å². The van der Waals surface area contributed by atoms with E-state index < -0.39 is 0 Å². The first-order chi connectivity index (χ1) is 8.70. The van der Waals surface area contributed by atoms with Gasteiger partial charge in [0.15, 0.2) is 0 Å². The Bertz CT molecular complexity index is 510. The van der Waals surface area contributed by atoms with Crippen LogP contribution in [0, 0.1) is 6.92 Å². The molecule has 0 bridgehead atoms. The van der Waals surface area contributed by atoms with Crippen LogP contribution in [-0.2, 0) is 0 Å². The maximum absolute atomic E-state index is 6.16. The molecule has 0 radical (unpaired) electrons. The third-order valence-corrected chi connectivity index (χ3v) is 4.54. The number of aromatic nitrogens is 1. The van der Waals surface area contributed by atoms with Crippen LogP contribution in [0.15, 0.2) is 47.5 Å². The minimum absolute atomic E-state index is 0.355. The molecule has 0 aliphatic heterocycles. The Morgan fingerprint density at radius 3 is 2.56 bits per heavy atom. The van der Waals surface area contributed by atoms with Gasteiger partial charge in [-0.05, 0) is 31.5 Å². The molecule has 0 amide bonds. The number of nitrogens with zero attached hydrogens (tertiary/aromatic N) is 1. The number of hydrogen-bond donors (Lipinski definition) is 0. The average molecular weight is 278 g/mol. The highest BCUT2D eigenvalue weighted by molar-refractivity contribution is 7.99. The van der Waals surface area contributed by atoms with E-state index in [1.807, 2.05) is 17.8 Å². The van der Waals surface area contributed by atoms with Gasteiger partial charge in [0.25, 0.3) is 0 Å². The zero-order chi connectivity index (χ0) is 13.0. The van der Waals surface area contributed by atoms with Crippen LogP contribution < -0.4 is 0 Å². The summed E-state index contributed by atoms with van der Waals surface area (Å²) in [6, 6.07) is 12.6. The van der Waals surface area contributed by atoms with E-state index in [0.29, 0.717) is 10.4 Å². The third kappa shape index (κ3) is 3.27. The molecule has 3 heteroatoms. The Morgan fingerprint density at radius 1 is 1.22 bits per heavy atom. The first-order valence-corrected chi connectivity index (χ1v) is 7.30. The molecule has 1 atom stereocenters. The number of rotatable bonds is 4. The van der Waals surface area contributed by atoms with Gasteiger partial charge in [0, 0.05) is 21.9 Å². The Labute approximate surface area is 118 Å². The fourth-order valence-corrected chi connectivity index (χ4v) is 3.21. The summed E-state index contributed by atoms with van der Waals surface area (Å²) < 4.78 is 0. The lowest BCUT2D eigenvalue weighted by molar-refractivity contribution is 0.887. The van der Waals surface area contributed by atoms with Gasteiger partial charge in [-0.25, -0.2) is 4.98 Å². The second-order valence-electron chi connectivity index (χ2n) is 4.21. The second-order valence-corrected chi connectivity index (χ2v) is 5.85. The lowest BCUT2D eigenvalue weighted by Crippen LogP contribution is -1.95. The van der Waals surface area contributed by atoms with Crippen LogP contribution in [0.3, 0.4) is 0 Å². The molecule has 1 aromatic heterocycles. The van der Waals surface area contributed by atoms with Crippen molar-refractivity contribution in [1.29, 1.82) is 0 Å². The SMILES string of the molecule is CCC(Sc1ccc(C)cc1)c1cccnc1Cl. The smallest absolute Gasteiger partial charge is 0.133 e. The molecule has 0 aliphatic rings. The van der Waals surface area contributed by atoms with Crippen LogP contribution >= 0.6 is 23.4 Å². The molecule has 18 heavy (non-hydrogen) atoms. The maximum atomic E-state index is 6.16. The van der Waals surface area contributed by atoms with E-state index in [0.717, 1.165) is 12.0 Å². The molecule has 0 saturated carbocycles. The van der Waals surface area contributed by atoms with Crippen LogP contribution in [0.5, 0.6) is 0 Å². The van der Waals surface area contributed by atoms with Crippen molar-refractivity contribution in [3.8, 4) is 0 Å². The highest BCUT2D eigenvalue weighted by atomic mass is 35.5. The van der Waals surface area contributed by atoms with Gasteiger partial charge in [0.05, 0.1) is 0 Å². The fraction of sp³-hybridized carbons (Fsp3) is 0.267. The van der Waals surface area contributed by atoms with Crippen LogP contribution in [0.25, 0.3) is 0 Å². The van der Waals surface area contributed by atoms with Crippen molar-refractivity contribution >= 4 is 23.4 Å². The molecule has 1 unspecified atom stereocenters. The van der Waals surface area contributed by atoms with Crippen LogP contribution in [-0.4, -0.2) is 4.98 Å². The zero-order valence-electron chi connectivity index (χ0n) is 10.6. The van der Waals surface area contributed by atoms with Crippen molar-refractivity contribution in [2.75, 3.05) is 0 Å². The molecule has 2 rings (SSSR count). The van der Waals surface area contributed by atoms with E-state index in [9.17, 15) is 0 Å². The summed E-state index contributed by atoms with van der Waals surface area (Å²) in [5.74, 6) is 0. The van der Waals surface area contributed by atoms with Gasteiger partial charge in [0.1, 0.15) is 5.15 Å². The van der Waals surface area contributed by atoms with Crippen LogP contribution in [0.4, 0.5) is 0 Å². The van der Waals surface area contributed by atoms with E-state index in [4.69, 9.17) is 11.6 Å². The number of hydrogen-bond acceptors (Lipinski definition) is 2. The summed E-state index contributed by atoms with van der Waals surface area (Å²) in [6.07, 6.45) is 2.76. The quantitative estimate of drug-likeness (QED) is 0.556. The Kier molecular flexibility index (Phi) is 4.67. The van der Waals surface area contributed by atoms with Crippen LogP contribution in [0.2, 0.25) is 5.15 Å². The van der Waals surface area contributed by atoms with Gasteiger partial charge in [-0.3, -0.25) is 0 Å². The molecule has 94 valence electrons. The third-order valence-electron chi connectivity index (χ3n) is 2.80. The van der Waals surface area contributed by atoms with Crippen molar-refractivity contribution in [3.63, 3.8) is 0 Å². The number of benzene rings is 1. The van der Waals surface area contributed by atoms with E-state index in [2.05, 4.69) is 49.2 Å². The molecule has 0 spiro atoms. The number of aryl methyl sites for hydroxylation is 1. The predicted octanol–water partition coefficient (Wildman–Crippen LogP) is 5.29. The van der Waals surface area contributed by atoms with Gasteiger partial charge in [-0.15, -0.1) is 11.8 Å². The Morgan fingerprint density at radius 2 is 1.94 bits per heavy atom. The summed E-state index contributed by atoms with van der Waals surface area (Å²) in [6.45, 7) is 4.28. The van der Waals surface area contributed by atoms with Crippen molar-refractivity contribution in [2.24, 2.45) is 0 Å². The number of halogens is 1. The molecular weight excluding hydrogens is 262 g/mol. The van der Waals surface area contributed by atoms with E-state index in [1.54, 1.807) is 6.20 Å². The molecule has 1 nitrogen and oxygen atoms in total. The average Bonchev–Trinajstić information content (AvgIpc) is 2.39. The minimum Gasteiger partial charge on any atom is -0.244 e. The summed E-state index contributed by atoms with van der Waals surface area (Å²) in [5.41, 5.74) is 2.40. The van der Waals surface area contributed by atoms with E-state index in [1.165, 1.54) is 10.5 Å². The molecular formula is C15H16ClNS. The highest BCUT2D eigenvalue weighted by Gasteiger charge is 2.14. The van der Waals surface area contributed by atoms with Crippen LogP contribution in [0.1, 0.15) is 29.7 Å². The van der Waals surface area contributed by atoms with Crippen molar-refractivity contribution in [1.82, 2.24) is 4.98 Å². The molecule has 2 aromatic rings. The Balaban J connectivity index is 2.20. The van der Waals surface area contributed by atoms with Crippen molar-refractivity contribution in [2.45, 2.75) is 30.4 Å². The lowest BCUT2D eigenvalue weighted by Gasteiger charge is -2.15. The monoisotopic (exact) mass is 277 g/mol. The summed E-state index contributed by atoms with van der Waals surface area (Å²) in [4.78, 5) is 5.43. The van der Waals surface area contributed by atoms with Crippen molar-refractivity contribution < 1.29 is 0 Å². The first kappa shape index (κ1) is 13.4. The maximum Gasteiger partial charge on any atom is 0.133 e. The van der Waals surface area contributed by atoms with E-state index in [-0.39, 0.29) is 0 Å². The first-order valence-electron chi connectivity index (χ1n) is 6.04. The normalized spacial score (nSPS) is 12.4. The largest absolute Gasteiger partial charge is 0.244 e. The predicted molar refractivity (Wildman–Crippen MR) is 79.3 cm³/mol. The van der Waals surface area contributed by atoms with Gasteiger partial charge in [-0.2, -0.15) is 0 Å². The summed E-state index contributed by atoms with van der Waals surface area (Å²) in [7, 11) is 0. The minimum atomic E-state index is 0.355. The molecule has 0 saturated heterocycles. The molecule has 0 N–H and O–H groups in total. The zero-order valence-corrected chi connectivity index (χ0v) is 12.1. The lowest BCUT2D eigenvalue weighted by atomic mass is 10.2. The molecule has 1 aromatic carbocycles. The van der Waals surface area contributed by atoms with Gasteiger partial charge < -0.3 is 0 Å². The van der Waals surface area contributed by atoms with Crippen molar-refractivity contribution in [3.05, 3.63) is 58.9 Å². The van der Waals surface area contributed by atoms with E-state index >= 15 is 0 Å². The highest BCUT2D eigenvalue weighted by Crippen LogP contribution is 2.39. The molecule has 0 aliphatic carbocycles. The summed E-state index contributed by atoms with van der Waals surface area (Å²) >= 11 is 8.00. The van der Waals surface area contributed by atoms with Gasteiger partial charge >= 0.3 is 0 Å². The standard InChI is InChI=1S/C15H16ClNS/c1-3-14(13-5-4-10-17-15(13)16)18-12-8-6-11(2)7-9-12/h4-10,14H,3H2,1-2H3. The summed E-state index contributed by atoms with van der Waals surface area (Å²) in [5, 5.41) is 0.970. The number of pyridine rings is 1. The second kappa shape index (κ2) is 6.26. The molecule has 0 fully saturated rings. The number of thioether (sulfide) groups is 1. The van der Waals surface area contributed by atoms with Gasteiger partial charge in [-0.1, -0.05) is 42.3 Å².